The van der Waals surface area contributed by atoms with Gasteiger partial charge in [-0.25, -0.2) is 4.98 Å². The third-order valence-electron chi connectivity index (χ3n) is 5.09. The van der Waals surface area contributed by atoms with Gasteiger partial charge in [0.25, 0.3) is 0 Å². The minimum absolute atomic E-state index is 0.0260. The van der Waals surface area contributed by atoms with Crippen molar-refractivity contribution >= 4 is 39.1 Å². The largest absolute Gasteiger partial charge is 0.387 e. The van der Waals surface area contributed by atoms with E-state index in [4.69, 9.17) is 10.8 Å². The summed E-state index contributed by atoms with van der Waals surface area (Å²) >= 11 is 1.25. The first-order chi connectivity index (χ1) is 13.9. The van der Waals surface area contributed by atoms with E-state index in [1.165, 1.54) is 15.9 Å². The number of nitrogens with one attached hydrogen (secondary N) is 3. The number of pyridine rings is 2. The standard InChI is InChI=1S/C20H22N6O2S/c1-3-16(27)14-6-10(2)13(8-23-14)12-7-15-19(26(9-21)17(12)22)29-20(24-15)25-18(28)11-4-5-11/h6-9,11,16,21-22,27H,3-5H2,1-2H3,(H,24,25,28). The molecule has 1 fully saturated rings. The van der Waals surface area contributed by atoms with Crippen LogP contribution in [0, 0.1) is 23.7 Å². The highest BCUT2D eigenvalue weighted by Gasteiger charge is 2.30. The second-order valence-corrected chi connectivity index (χ2v) is 8.20. The summed E-state index contributed by atoms with van der Waals surface area (Å²) < 4.78 is 1.45. The molecule has 1 atom stereocenters. The molecule has 0 spiro atoms. The molecule has 3 aromatic heterocycles. The fraction of sp³-hybridized carbons (Fsp3) is 0.350. The van der Waals surface area contributed by atoms with E-state index in [0.717, 1.165) is 30.3 Å². The lowest BCUT2D eigenvalue weighted by Crippen LogP contribution is -2.21. The maximum Gasteiger partial charge on any atom is 0.229 e. The first-order valence-corrected chi connectivity index (χ1v) is 10.3. The minimum Gasteiger partial charge on any atom is -0.387 e. The molecule has 1 saturated carbocycles. The fourth-order valence-electron chi connectivity index (χ4n) is 3.21. The number of aliphatic hydroxyl groups excluding tert-OH is 1. The van der Waals surface area contributed by atoms with Crippen LogP contribution in [0.1, 0.15) is 43.5 Å². The Morgan fingerprint density at radius 3 is 2.83 bits per heavy atom. The zero-order valence-corrected chi connectivity index (χ0v) is 17.0. The zero-order chi connectivity index (χ0) is 20.7. The van der Waals surface area contributed by atoms with Crippen molar-refractivity contribution in [1.29, 1.82) is 10.8 Å². The Kier molecular flexibility index (Phi) is 5.01. The lowest BCUT2D eigenvalue weighted by molar-refractivity contribution is -0.117. The number of carbonyl (C=O) groups excluding carboxylic acids is 1. The summed E-state index contributed by atoms with van der Waals surface area (Å²) in [6.07, 6.45) is 4.50. The molecule has 0 aliphatic heterocycles. The molecule has 0 saturated heterocycles. The molecule has 0 radical (unpaired) electrons. The Hall–Kier alpha value is -2.91. The monoisotopic (exact) mass is 410 g/mol. The molecule has 4 N–H and O–H groups in total. The lowest BCUT2D eigenvalue weighted by Gasteiger charge is -2.12. The molecule has 1 aliphatic rings. The van der Waals surface area contributed by atoms with Crippen molar-refractivity contribution in [3.63, 3.8) is 0 Å². The summed E-state index contributed by atoms with van der Waals surface area (Å²) in [4.78, 5) is 21.5. The van der Waals surface area contributed by atoms with Gasteiger partial charge in [-0.15, -0.1) is 0 Å². The molecule has 9 heteroatoms. The zero-order valence-electron chi connectivity index (χ0n) is 16.2. The van der Waals surface area contributed by atoms with Crippen molar-refractivity contribution in [1.82, 2.24) is 14.5 Å². The highest BCUT2D eigenvalue weighted by atomic mass is 32.1. The molecular weight excluding hydrogens is 388 g/mol. The second kappa shape index (κ2) is 7.49. The van der Waals surface area contributed by atoms with Crippen molar-refractivity contribution in [2.75, 3.05) is 5.32 Å². The molecule has 150 valence electrons. The van der Waals surface area contributed by atoms with Crippen LogP contribution in [-0.2, 0) is 4.79 Å². The topological polar surface area (TPSA) is 128 Å². The molecule has 1 unspecified atom stereocenters. The van der Waals surface area contributed by atoms with Gasteiger partial charge in [-0.05, 0) is 43.9 Å². The number of amides is 1. The number of aromatic nitrogens is 3. The molecule has 3 heterocycles. The molecular formula is C20H22N6O2S. The maximum absolute atomic E-state index is 12.1. The Labute approximate surface area is 171 Å². The average Bonchev–Trinajstić information content (AvgIpc) is 3.48. The third kappa shape index (κ3) is 3.58. The van der Waals surface area contributed by atoms with Crippen molar-refractivity contribution in [3.8, 4) is 11.1 Å². The summed E-state index contributed by atoms with van der Waals surface area (Å²) in [7, 11) is 0. The number of hydrogen-bond acceptors (Lipinski definition) is 7. The highest BCUT2D eigenvalue weighted by Crippen LogP contribution is 2.33. The lowest BCUT2D eigenvalue weighted by atomic mass is 10.0. The summed E-state index contributed by atoms with van der Waals surface area (Å²) in [5.74, 6) is 0.0479. The number of carbonyl (C=O) groups is 1. The van der Waals surface area contributed by atoms with Gasteiger partial charge in [-0.2, -0.15) is 0 Å². The van der Waals surface area contributed by atoms with Crippen LogP contribution in [0.2, 0.25) is 0 Å². The van der Waals surface area contributed by atoms with Crippen LogP contribution in [-0.4, -0.2) is 31.9 Å². The number of nitrogens with zero attached hydrogens (tertiary/aromatic N) is 3. The van der Waals surface area contributed by atoms with Gasteiger partial charge >= 0.3 is 0 Å². The second-order valence-electron chi connectivity index (χ2n) is 7.23. The third-order valence-corrected chi connectivity index (χ3v) is 6.07. The molecule has 4 rings (SSSR count). The molecule has 1 amide bonds. The quantitative estimate of drug-likeness (QED) is 0.367. The first kappa shape index (κ1) is 19.4. The van der Waals surface area contributed by atoms with Gasteiger partial charge in [0.2, 0.25) is 5.91 Å². The van der Waals surface area contributed by atoms with Crippen LogP contribution in [0.25, 0.3) is 21.5 Å². The van der Waals surface area contributed by atoms with E-state index in [0.29, 0.717) is 33.2 Å². The van der Waals surface area contributed by atoms with Gasteiger partial charge in [-0.1, -0.05) is 18.3 Å². The Morgan fingerprint density at radius 1 is 1.45 bits per heavy atom. The molecule has 8 nitrogen and oxygen atoms in total. The smallest absolute Gasteiger partial charge is 0.229 e. The van der Waals surface area contributed by atoms with E-state index >= 15 is 0 Å². The Balaban J connectivity index is 1.80. The first-order valence-electron chi connectivity index (χ1n) is 9.50. The van der Waals surface area contributed by atoms with E-state index < -0.39 is 6.10 Å². The molecule has 29 heavy (non-hydrogen) atoms. The number of anilines is 1. The van der Waals surface area contributed by atoms with Gasteiger partial charge in [0, 0.05) is 23.2 Å². The van der Waals surface area contributed by atoms with Gasteiger partial charge in [0.1, 0.15) is 15.8 Å². The molecule has 0 aromatic carbocycles. The van der Waals surface area contributed by atoms with Gasteiger partial charge in [0.15, 0.2) is 5.13 Å². The number of rotatable bonds is 6. The number of fused-ring (bicyclic) bond motifs is 1. The van der Waals surface area contributed by atoms with Crippen LogP contribution < -0.4 is 10.8 Å². The molecule has 1 aliphatic carbocycles. The van der Waals surface area contributed by atoms with E-state index in [1.54, 1.807) is 12.3 Å². The Bertz CT molecular complexity index is 1180. The number of aryl methyl sites for hydroxylation is 1. The Morgan fingerprint density at radius 2 is 2.21 bits per heavy atom. The van der Waals surface area contributed by atoms with Crippen molar-refractivity contribution < 1.29 is 9.90 Å². The SMILES string of the molecule is CCC(O)c1cc(C)c(-c2cc3nc(NC(=O)C4CC4)sc3n(C=N)c2=N)cn1. The van der Waals surface area contributed by atoms with Crippen LogP contribution in [0.5, 0.6) is 0 Å². The summed E-state index contributed by atoms with van der Waals surface area (Å²) in [5.41, 5.74) is 3.56. The number of hydrogen-bond donors (Lipinski definition) is 4. The normalized spacial score (nSPS) is 14.7. The van der Waals surface area contributed by atoms with Crippen LogP contribution in [0.15, 0.2) is 18.3 Å². The van der Waals surface area contributed by atoms with Gasteiger partial charge < -0.3 is 10.4 Å². The van der Waals surface area contributed by atoms with Crippen molar-refractivity contribution in [2.24, 2.45) is 5.92 Å². The maximum atomic E-state index is 12.1. The summed E-state index contributed by atoms with van der Waals surface area (Å²) in [5, 5.41) is 29.7. The molecule has 0 bridgehead atoms. The van der Waals surface area contributed by atoms with Crippen LogP contribution in [0.4, 0.5) is 5.13 Å². The number of thiazole rings is 1. The minimum atomic E-state index is -0.622. The highest BCUT2D eigenvalue weighted by molar-refractivity contribution is 7.22. The predicted molar refractivity (Wildman–Crippen MR) is 112 cm³/mol. The van der Waals surface area contributed by atoms with E-state index in [1.807, 2.05) is 19.9 Å². The van der Waals surface area contributed by atoms with Gasteiger partial charge in [0.05, 0.1) is 18.1 Å². The average molecular weight is 411 g/mol. The fourth-order valence-corrected chi connectivity index (χ4v) is 4.14. The van der Waals surface area contributed by atoms with Crippen molar-refractivity contribution in [3.05, 3.63) is 35.1 Å². The number of aliphatic hydroxyl groups is 1. The van der Waals surface area contributed by atoms with Gasteiger partial charge in [-0.3, -0.25) is 25.2 Å². The predicted octanol–water partition coefficient (Wildman–Crippen LogP) is 3.19. The summed E-state index contributed by atoms with van der Waals surface area (Å²) in [6.45, 7) is 3.80. The summed E-state index contributed by atoms with van der Waals surface area (Å²) in [6, 6.07) is 3.62. The van der Waals surface area contributed by atoms with E-state index in [-0.39, 0.29) is 17.3 Å². The van der Waals surface area contributed by atoms with Crippen molar-refractivity contribution in [2.45, 2.75) is 39.2 Å². The van der Waals surface area contributed by atoms with Crippen LogP contribution >= 0.6 is 11.3 Å². The van der Waals surface area contributed by atoms with Crippen LogP contribution in [0.3, 0.4) is 0 Å². The van der Waals surface area contributed by atoms with E-state index in [2.05, 4.69) is 15.3 Å². The van der Waals surface area contributed by atoms with E-state index in [9.17, 15) is 9.90 Å². The molecule has 3 aromatic rings.